The van der Waals surface area contributed by atoms with Crippen LogP contribution in [0, 0.1) is 0 Å². The van der Waals surface area contributed by atoms with E-state index in [0.29, 0.717) is 6.04 Å². The van der Waals surface area contributed by atoms with Crippen LogP contribution in [0.3, 0.4) is 0 Å². The summed E-state index contributed by atoms with van der Waals surface area (Å²) < 4.78 is 0. The van der Waals surface area contributed by atoms with E-state index in [9.17, 15) is 10.2 Å². The van der Waals surface area contributed by atoms with Crippen molar-refractivity contribution in [2.24, 2.45) is 0 Å². The van der Waals surface area contributed by atoms with Crippen molar-refractivity contribution in [2.45, 2.75) is 44.9 Å². The fraction of sp³-hybridized carbons (Fsp3) is 0.600. The molecule has 0 radical (unpaired) electrons. The third-order valence-electron chi connectivity index (χ3n) is 3.70. The quantitative estimate of drug-likeness (QED) is 0.801. The first-order valence-electron chi connectivity index (χ1n) is 6.88. The average Bonchev–Trinajstić information content (AvgIpc) is 2.31. The van der Waals surface area contributed by atoms with E-state index < -0.39 is 6.10 Å². The molecule has 2 unspecified atom stereocenters. The number of aliphatic hydroxyl groups excluding tert-OH is 1. The minimum absolute atomic E-state index is 0. The second kappa shape index (κ2) is 6.66. The number of halogens is 1. The van der Waals surface area contributed by atoms with Crippen molar-refractivity contribution < 1.29 is 10.2 Å². The first kappa shape index (κ1) is 17.1. The zero-order valence-electron chi connectivity index (χ0n) is 12.6. The molecule has 1 aromatic carbocycles. The van der Waals surface area contributed by atoms with Crippen molar-refractivity contribution in [1.29, 1.82) is 0 Å². The van der Waals surface area contributed by atoms with Crippen molar-refractivity contribution in [3.05, 3.63) is 23.3 Å². The topological polar surface area (TPSA) is 55.7 Å². The second-order valence-electron chi connectivity index (χ2n) is 5.81. The molecule has 0 heterocycles. The van der Waals surface area contributed by atoms with Gasteiger partial charge in [-0.05, 0) is 30.0 Å². The van der Waals surface area contributed by atoms with Gasteiger partial charge in [-0.15, -0.1) is 12.4 Å². The van der Waals surface area contributed by atoms with E-state index in [1.54, 1.807) is 6.07 Å². The number of aromatic hydroxyl groups is 1. The lowest BCUT2D eigenvalue weighted by Gasteiger charge is -2.34. The van der Waals surface area contributed by atoms with E-state index in [0.717, 1.165) is 29.7 Å². The van der Waals surface area contributed by atoms with E-state index in [1.165, 1.54) is 0 Å². The molecule has 0 aliphatic heterocycles. The van der Waals surface area contributed by atoms with Gasteiger partial charge in [-0.3, -0.25) is 0 Å². The number of nitrogens with one attached hydrogen (secondary N) is 1. The fourth-order valence-electron chi connectivity index (χ4n) is 2.96. The minimum atomic E-state index is -0.509. The molecular weight excluding hydrogens is 276 g/mol. The lowest BCUT2D eigenvalue weighted by Crippen LogP contribution is -2.42. The van der Waals surface area contributed by atoms with Gasteiger partial charge in [0.05, 0.1) is 11.8 Å². The predicted octanol–water partition coefficient (Wildman–Crippen LogP) is 2.23. The third kappa shape index (κ3) is 3.19. The number of hydrogen-bond acceptors (Lipinski definition) is 4. The van der Waals surface area contributed by atoms with Crippen LogP contribution in [0.5, 0.6) is 5.75 Å². The van der Waals surface area contributed by atoms with Gasteiger partial charge in [0.15, 0.2) is 0 Å². The molecule has 0 saturated carbocycles. The first-order chi connectivity index (χ1) is 8.91. The number of phenols is 1. The summed E-state index contributed by atoms with van der Waals surface area (Å²) in [6.07, 6.45) is 1.25. The Morgan fingerprint density at radius 2 is 1.95 bits per heavy atom. The zero-order valence-corrected chi connectivity index (χ0v) is 13.4. The Labute approximate surface area is 127 Å². The Morgan fingerprint density at radius 3 is 2.50 bits per heavy atom. The lowest BCUT2D eigenvalue weighted by molar-refractivity contribution is 0.110. The van der Waals surface area contributed by atoms with Crippen molar-refractivity contribution >= 4 is 18.1 Å². The molecule has 1 aromatic rings. The summed E-state index contributed by atoms with van der Waals surface area (Å²) in [5, 5.41) is 23.9. The highest BCUT2D eigenvalue weighted by atomic mass is 35.5. The number of hydrogen-bond donors (Lipinski definition) is 3. The number of benzene rings is 1. The Morgan fingerprint density at radius 1 is 1.30 bits per heavy atom. The maximum atomic E-state index is 10.5. The molecular formula is C15H25ClN2O2. The number of anilines is 1. The van der Waals surface area contributed by atoms with Crippen LogP contribution in [-0.2, 0) is 6.42 Å². The highest BCUT2D eigenvalue weighted by Gasteiger charge is 2.30. The normalized spacial score (nSPS) is 21.3. The second-order valence-corrected chi connectivity index (χ2v) is 5.81. The van der Waals surface area contributed by atoms with Crippen LogP contribution in [0.2, 0.25) is 0 Å². The minimum Gasteiger partial charge on any atom is -0.506 e. The van der Waals surface area contributed by atoms with Crippen LogP contribution in [0.4, 0.5) is 5.69 Å². The van der Waals surface area contributed by atoms with Crippen LogP contribution < -0.4 is 10.2 Å². The third-order valence-corrected chi connectivity index (χ3v) is 3.70. The van der Waals surface area contributed by atoms with Crippen molar-refractivity contribution in [2.75, 3.05) is 19.0 Å². The molecule has 20 heavy (non-hydrogen) atoms. The summed E-state index contributed by atoms with van der Waals surface area (Å²) in [7, 11) is 3.83. The van der Waals surface area contributed by atoms with Gasteiger partial charge in [0.2, 0.25) is 0 Å². The molecule has 0 saturated heterocycles. The van der Waals surface area contributed by atoms with Crippen LogP contribution in [-0.4, -0.2) is 36.4 Å². The van der Waals surface area contributed by atoms with Gasteiger partial charge < -0.3 is 20.4 Å². The molecule has 5 heteroatoms. The number of fused-ring (bicyclic) bond motifs is 1. The molecule has 4 nitrogen and oxygen atoms in total. The lowest BCUT2D eigenvalue weighted by atomic mass is 9.84. The summed E-state index contributed by atoms with van der Waals surface area (Å²) in [5.74, 6) is 0.284. The van der Waals surface area contributed by atoms with Crippen molar-refractivity contribution in [3.8, 4) is 5.75 Å². The van der Waals surface area contributed by atoms with Gasteiger partial charge >= 0.3 is 0 Å². The van der Waals surface area contributed by atoms with Crippen LogP contribution in [0.25, 0.3) is 0 Å². The van der Waals surface area contributed by atoms with Gasteiger partial charge in [-0.1, -0.05) is 19.9 Å². The van der Waals surface area contributed by atoms with Crippen LogP contribution >= 0.6 is 12.4 Å². The standard InChI is InChI=1S/C15H24N2O2.ClH/c1-9(2)16-12-7-5-10-11(15(12)19)6-8-13(18)14(10)17(3)4;/h6,8-9,12,15-16,18-19H,5,7H2,1-4H3;1H. The zero-order chi connectivity index (χ0) is 14.2. The van der Waals surface area contributed by atoms with E-state index in [-0.39, 0.29) is 24.2 Å². The molecule has 0 fully saturated rings. The van der Waals surface area contributed by atoms with Gasteiger partial charge in [0.1, 0.15) is 5.75 Å². The number of rotatable bonds is 3. The molecule has 1 aliphatic rings. The van der Waals surface area contributed by atoms with Crippen molar-refractivity contribution in [1.82, 2.24) is 5.32 Å². The summed E-state index contributed by atoms with van der Waals surface area (Å²) in [6, 6.07) is 3.96. The SMILES string of the molecule is CC(C)NC1CCc2c(ccc(O)c2N(C)C)C1O.Cl. The number of phenolic OH excluding ortho intramolecular Hbond substituents is 1. The molecule has 114 valence electrons. The monoisotopic (exact) mass is 300 g/mol. The molecule has 1 aliphatic carbocycles. The van der Waals surface area contributed by atoms with Gasteiger partial charge in [0, 0.05) is 26.2 Å². The maximum absolute atomic E-state index is 10.5. The largest absolute Gasteiger partial charge is 0.506 e. The molecule has 0 amide bonds. The Bertz CT molecular complexity index is 463. The Hall–Kier alpha value is -0.970. The van der Waals surface area contributed by atoms with E-state index >= 15 is 0 Å². The maximum Gasteiger partial charge on any atom is 0.139 e. The van der Waals surface area contributed by atoms with E-state index in [1.807, 2.05) is 25.1 Å². The summed E-state index contributed by atoms with van der Waals surface area (Å²) in [6.45, 7) is 4.18. The van der Waals surface area contributed by atoms with E-state index in [2.05, 4.69) is 19.2 Å². The van der Waals surface area contributed by atoms with Crippen molar-refractivity contribution in [3.63, 3.8) is 0 Å². The van der Waals surface area contributed by atoms with Crippen LogP contribution in [0.15, 0.2) is 12.1 Å². The Balaban J connectivity index is 0.00000200. The summed E-state index contributed by atoms with van der Waals surface area (Å²) >= 11 is 0. The highest BCUT2D eigenvalue weighted by molar-refractivity contribution is 5.85. The molecule has 0 spiro atoms. The van der Waals surface area contributed by atoms with Gasteiger partial charge in [0.25, 0.3) is 0 Å². The van der Waals surface area contributed by atoms with Crippen LogP contribution in [0.1, 0.15) is 37.5 Å². The fourth-order valence-corrected chi connectivity index (χ4v) is 2.96. The smallest absolute Gasteiger partial charge is 0.139 e. The highest BCUT2D eigenvalue weighted by Crippen LogP contribution is 2.40. The average molecular weight is 301 g/mol. The number of aliphatic hydroxyl groups is 1. The molecule has 2 rings (SSSR count). The molecule has 0 bridgehead atoms. The summed E-state index contributed by atoms with van der Waals surface area (Å²) in [4.78, 5) is 1.91. The predicted molar refractivity (Wildman–Crippen MR) is 85.0 cm³/mol. The molecule has 2 atom stereocenters. The Kier molecular flexibility index (Phi) is 5.68. The van der Waals surface area contributed by atoms with Gasteiger partial charge in [-0.2, -0.15) is 0 Å². The van der Waals surface area contributed by atoms with Gasteiger partial charge in [-0.25, -0.2) is 0 Å². The number of nitrogens with zero attached hydrogens (tertiary/aromatic N) is 1. The molecule has 0 aromatic heterocycles. The van der Waals surface area contributed by atoms with E-state index in [4.69, 9.17) is 0 Å². The first-order valence-corrected chi connectivity index (χ1v) is 6.88. The summed E-state index contributed by atoms with van der Waals surface area (Å²) in [5.41, 5.74) is 2.84. The molecule has 3 N–H and O–H groups in total.